The average molecular weight is 981 g/mol. The standard InChI is InChI=1S/C55H62F2N10O5/c1-33-25-38(27-41(56)50(33)37-12-19-64(20-13-37)34(2)47-28-39-44(9-16-59-51(39)61(47)4)66-32-42(57)43(58-3)29-49(66)69)53(71)65-17-10-35(11-18-65)30-62-21-23-63(24-22-62)31-36-5-6-45-40(26-36)55(14-15-55)54(72)67(45)46-7-8-48(68)60-52(46)70/h5-6,9,12,16,25-29,32,34-35,46,58H,7-8,10-11,13-15,17-24,30-31H2,1-4H3,(H,60,68,70)/t34-,46+/m0/s1. The number of rotatable bonds is 11. The fourth-order valence-electron chi connectivity index (χ4n) is 12.3. The van der Waals surface area contributed by atoms with Gasteiger partial charge in [0.25, 0.3) is 11.5 Å². The van der Waals surface area contributed by atoms with Crippen molar-refractivity contribution in [3.05, 3.63) is 123 Å². The van der Waals surface area contributed by atoms with Crippen LogP contribution in [-0.4, -0.2) is 129 Å². The van der Waals surface area contributed by atoms with Crippen molar-refractivity contribution in [3.8, 4) is 5.69 Å². The Kier molecular flexibility index (Phi) is 12.5. The number of fused-ring (bicyclic) bond motifs is 3. The molecule has 3 aromatic heterocycles. The molecule has 1 spiro atoms. The van der Waals surface area contributed by atoms with Gasteiger partial charge in [-0.3, -0.25) is 48.6 Å². The number of piperazine rings is 1. The van der Waals surface area contributed by atoms with Gasteiger partial charge in [-0.25, -0.2) is 13.8 Å². The molecule has 5 aliphatic heterocycles. The molecule has 11 rings (SSSR count). The molecule has 4 amide bonds. The number of imide groups is 1. The average Bonchev–Trinajstić information content (AvgIpc) is 4.07. The van der Waals surface area contributed by atoms with E-state index in [9.17, 15) is 28.4 Å². The van der Waals surface area contributed by atoms with Gasteiger partial charge in [0.05, 0.1) is 23.0 Å². The van der Waals surface area contributed by atoms with Crippen molar-refractivity contribution < 1.29 is 28.0 Å². The number of carbonyl (C=O) groups is 4. The number of aryl methyl sites for hydroxylation is 2. The Hall–Kier alpha value is -6.56. The molecule has 2 atom stereocenters. The van der Waals surface area contributed by atoms with Gasteiger partial charge < -0.3 is 19.7 Å². The van der Waals surface area contributed by atoms with Crippen LogP contribution < -0.4 is 21.1 Å². The SMILES string of the molecule is CNc1cc(=O)n(-c2ccnc3c2cc([C@H](C)N2CC=C(c4c(C)cc(C(=O)N5CCC(CN6CCN(Cc7ccc8c(c7)C7(CC7)C(=O)N8[C@@H]7CCC(=O)NC7=O)CC6)CC5)cc4F)CC2)n3C)cc1F. The van der Waals surface area contributed by atoms with Gasteiger partial charge >= 0.3 is 0 Å². The number of hydrogen-bond donors (Lipinski definition) is 2. The normalized spacial score (nSPS) is 21.3. The predicted octanol–water partition coefficient (Wildman–Crippen LogP) is 6.06. The molecule has 3 saturated heterocycles. The van der Waals surface area contributed by atoms with E-state index in [0.29, 0.717) is 67.4 Å². The first-order chi connectivity index (χ1) is 34.7. The van der Waals surface area contributed by atoms with Gasteiger partial charge in [-0.1, -0.05) is 18.2 Å². The van der Waals surface area contributed by atoms with Crippen LogP contribution in [-0.2, 0) is 33.4 Å². The molecule has 15 nitrogen and oxygen atoms in total. The maximum atomic E-state index is 16.1. The second kappa shape index (κ2) is 18.8. The van der Waals surface area contributed by atoms with Crippen LogP contribution in [0.4, 0.5) is 20.2 Å². The number of carbonyl (C=O) groups excluding carboxylic acids is 4. The van der Waals surface area contributed by atoms with E-state index in [1.165, 1.54) is 28.5 Å². The fourth-order valence-corrected chi connectivity index (χ4v) is 12.3. The highest BCUT2D eigenvalue weighted by molar-refractivity contribution is 6.15. The van der Waals surface area contributed by atoms with E-state index >= 15 is 4.39 Å². The smallest absolute Gasteiger partial charge is 0.257 e. The quantitative estimate of drug-likeness (QED) is 0.150. The highest BCUT2D eigenvalue weighted by Crippen LogP contribution is 2.58. The van der Waals surface area contributed by atoms with Crippen LogP contribution in [0.3, 0.4) is 0 Å². The Bertz CT molecular complexity index is 3100. The molecule has 5 aromatic rings. The molecule has 8 heterocycles. The molecule has 0 radical (unpaired) electrons. The zero-order valence-corrected chi connectivity index (χ0v) is 41.5. The van der Waals surface area contributed by atoms with Gasteiger partial charge in [-0.2, -0.15) is 0 Å². The number of anilines is 2. The zero-order chi connectivity index (χ0) is 50.2. The summed E-state index contributed by atoms with van der Waals surface area (Å²) in [5.41, 5.74) is 7.07. The van der Waals surface area contributed by atoms with E-state index in [4.69, 9.17) is 0 Å². The third-order valence-electron chi connectivity index (χ3n) is 16.6. The van der Waals surface area contributed by atoms with Crippen LogP contribution in [0.1, 0.15) is 96.2 Å². The second-order valence-electron chi connectivity index (χ2n) is 20.9. The minimum Gasteiger partial charge on any atom is -0.386 e. The minimum absolute atomic E-state index is 0.00964. The lowest BCUT2D eigenvalue weighted by Gasteiger charge is -2.39. The number of aromatic nitrogens is 3. The second-order valence-corrected chi connectivity index (χ2v) is 20.9. The van der Waals surface area contributed by atoms with E-state index in [1.807, 2.05) is 41.6 Å². The van der Waals surface area contributed by atoms with Gasteiger partial charge in [-0.15, -0.1) is 0 Å². The maximum absolute atomic E-state index is 16.1. The lowest BCUT2D eigenvalue weighted by molar-refractivity contribution is -0.135. The Balaban J connectivity index is 0.665. The molecule has 1 saturated carbocycles. The summed E-state index contributed by atoms with van der Waals surface area (Å²) in [6, 6.07) is 13.8. The van der Waals surface area contributed by atoms with Crippen molar-refractivity contribution in [3.63, 3.8) is 0 Å². The van der Waals surface area contributed by atoms with Crippen molar-refractivity contribution in [2.45, 2.75) is 82.8 Å². The van der Waals surface area contributed by atoms with Crippen LogP contribution in [0.5, 0.6) is 0 Å². The van der Waals surface area contributed by atoms with Gasteiger partial charge in [0, 0.05) is 132 Å². The summed E-state index contributed by atoms with van der Waals surface area (Å²) in [7, 11) is 3.51. The monoisotopic (exact) mass is 980 g/mol. The Labute approximate surface area is 417 Å². The first kappa shape index (κ1) is 47.7. The molecular weight excluding hydrogens is 919 g/mol. The summed E-state index contributed by atoms with van der Waals surface area (Å²) in [6.45, 7) is 12.1. The number of halogens is 2. The highest BCUT2D eigenvalue weighted by atomic mass is 19.1. The first-order valence-corrected chi connectivity index (χ1v) is 25.5. The number of likely N-dealkylation sites (tertiary alicyclic amines) is 1. The van der Waals surface area contributed by atoms with Crippen LogP contribution in [0, 0.1) is 24.5 Å². The third-order valence-corrected chi connectivity index (χ3v) is 16.6. The minimum atomic E-state index is -0.649. The van der Waals surface area contributed by atoms with Gasteiger partial charge in [0.2, 0.25) is 17.7 Å². The zero-order valence-electron chi connectivity index (χ0n) is 41.5. The molecule has 72 heavy (non-hydrogen) atoms. The summed E-state index contributed by atoms with van der Waals surface area (Å²) >= 11 is 0. The van der Waals surface area contributed by atoms with E-state index in [0.717, 1.165) is 98.4 Å². The molecular formula is C55H62F2N10O5. The molecule has 376 valence electrons. The van der Waals surface area contributed by atoms with E-state index in [-0.39, 0.29) is 47.2 Å². The number of piperidine rings is 2. The molecule has 17 heteroatoms. The Morgan fingerprint density at radius 3 is 2.35 bits per heavy atom. The van der Waals surface area contributed by atoms with Crippen molar-refractivity contribution in [1.29, 1.82) is 0 Å². The number of benzene rings is 2. The number of pyridine rings is 2. The summed E-state index contributed by atoms with van der Waals surface area (Å²) in [5, 5.41) is 5.87. The summed E-state index contributed by atoms with van der Waals surface area (Å²) < 4.78 is 34.2. The molecule has 4 fully saturated rings. The molecule has 1 aliphatic carbocycles. The molecule has 2 aromatic carbocycles. The number of amides is 4. The van der Waals surface area contributed by atoms with E-state index in [2.05, 4.69) is 55.4 Å². The van der Waals surface area contributed by atoms with E-state index < -0.39 is 23.2 Å². The number of nitrogens with zero attached hydrogens (tertiary/aromatic N) is 8. The highest BCUT2D eigenvalue weighted by Gasteiger charge is 2.61. The molecule has 2 N–H and O–H groups in total. The van der Waals surface area contributed by atoms with Crippen LogP contribution in [0.15, 0.2) is 71.8 Å². The molecule has 0 unspecified atom stereocenters. The van der Waals surface area contributed by atoms with Gasteiger partial charge in [0.15, 0.2) is 5.82 Å². The van der Waals surface area contributed by atoms with Crippen LogP contribution >= 0.6 is 0 Å². The largest absolute Gasteiger partial charge is 0.386 e. The Morgan fingerprint density at radius 2 is 1.65 bits per heavy atom. The predicted molar refractivity (Wildman–Crippen MR) is 271 cm³/mol. The lowest BCUT2D eigenvalue weighted by Crippen LogP contribution is -2.54. The van der Waals surface area contributed by atoms with Gasteiger partial charge in [-0.05, 0) is 111 Å². The molecule has 6 aliphatic rings. The number of nitrogens with one attached hydrogen (secondary N) is 2. The third kappa shape index (κ3) is 8.51. The fraction of sp³-hybridized carbons (Fsp3) is 0.455. The maximum Gasteiger partial charge on any atom is 0.257 e. The summed E-state index contributed by atoms with van der Waals surface area (Å²) in [5.74, 6) is -1.25. The van der Waals surface area contributed by atoms with Crippen LogP contribution in [0.25, 0.3) is 22.3 Å². The van der Waals surface area contributed by atoms with Gasteiger partial charge in [0.1, 0.15) is 17.5 Å². The van der Waals surface area contributed by atoms with Crippen molar-refractivity contribution >= 4 is 51.6 Å². The molecule has 0 bridgehead atoms. The topological polar surface area (TPSA) is 148 Å². The van der Waals surface area contributed by atoms with E-state index in [1.54, 1.807) is 24.2 Å². The van der Waals surface area contributed by atoms with Crippen molar-refractivity contribution in [2.75, 3.05) is 76.2 Å². The van der Waals surface area contributed by atoms with Crippen molar-refractivity contribution in [2.24, 2.45) is 13.0 Å². The number of hydrogen-bond acceptors (Lipinski definition) is 10. The summed E-state index contributed by atoms with van der Waals surface area (Å²) in [6.07, 6.45) is 9.49. The summed E-state index contributed by atoms with van der Waals surface area (Å²) in [4.78, 5) is 80.6. The Morgan fingerprint density at radius 1 is 0.889 bits per heavy atom. The van der Waals surface area contributed by atoms with Crippen molar-refractivity contribution in [1.82, 2.24) is 39.0 Å². The first-order valence-electron chi connectivity index (χ1n) is 25.5. The van der Waals surface area contributed by atoms with Crippen LogP contribution in [0.2, 0.25) is 0 Å². The lowest BCUT2D eigenvalue weighted by atomic mass is 9.92.